The first kappa shape index (κ1) is 13.1. The molecule has 0 aromatic heterocycles. The molecule has 1 aromatic carbocycles. The van der Waals surface area contributed by atoms with Gasteiger partial charge in [-0.15, -0.1) is 18.3 Å². The Morgan fingerprint density at radius 3 is 2.75 bits per heavy atom. The summed E-state index contributed by atoms with van der Waals surface area (Å²) in [6.45, 7) is 5.25. The van der Waals surface area contributed by atoms with Gasteiger partial charge in [0.2, 0.25) is 10.0 Å². The van der Waals surface area contributed by atoms with E-state index in [2.05, 4.69) is 11.3 Å². The Bertz CT molecular complexity index is 455. The second-order valence-corrected chi connectivity index (χ2v) is 6.17. The van der Waals surface area contributed by atoms with Crippen molar-refractivity contribution in [2.24, 2.45) is 0 Å². The van der Waals surface area contributed by atoms with Gasteiger partial charge in [-0.1, -0.05) is 18.2 Å². The highest BCUT2D eigenvalue weighted by atomic mass is 32.2. The van der Waals surface area contributed by atoms with Crippen molar-refractivity contribution in [1.82, 2.24) is 0 Å². The van der Waals surface area contributed by atoms with E-state index >= 15 is 0 Å². The molecule has 0 spiro atoms. The molecule has 1 rings (SSSR count). The summed E-state index contributed by atoms with van der Waals surface area (Å²) in [4.78, 5) is 0.916. The van der Waals surface area contributed by atoms with Gasteiger partial charge in [-0.3, -0.25) is 4.72 Å². The average molecular weight is 257 g/mol. The van der Waals surface area contributed by atoms with E-state index in [0.29, 0.717) is 5.69 Å². The smallest absolute Gasteiger partial charge is 0.232 e. The standard InChI is InChI=1S/C11H15NO2S2/c1-3-9-15-11-8-6-5-7-10(11)12-16(13,14)4-2/h3,5-8,12H,1,4,9H2,2H3. The third-order valence-electron chi connectivity index (χ3n) is 1.89. The van der Waals surface area contributed by atoms with Crippen molar-refractivity contribution in [2.45, 2.75) is 11.8 Å². The van der Waals surface area contributed by atoms with Gasteiger partial charge in [-0.25, -0.2) is 8.42 Å². The van der Waals surface area contributed by atoms with Crippen molar-refractivity contribution in [3.8, 4) is 0 Å². The third-order valence-corrected chi connectivity index (χ3v) is 4.25. The molecule has 0 aliphatic heterocycles. The Morgan fingerprint density at radius 1 is 1.44 bits per heavy atom. The molecule has 0 aliphatic rings. The van der Waals surface area contributed by atoms with Gasteiger partial charge in [0, 0.05) is 10.6 Å². The van der Waals surface area contributed by atoms with Crippen LogP contribution in [0.4, 0.5) is 5.69 Å². The molecule has 0 saturated heterocycles. The van der Waals surface area contributed by atoms with E-state index in [-0.39, 0.29) is 5.75 Å². The average Bonchev–Trinajstić information content (AvgIpc) is 2.27. The van der Waals surface area contributed by atoms with Crippen molar-refractivity contribution in [3.05, 3.63) is 36.9 Å². The quantitative estimate of drug-likeness (QED) is 0.629. The SMILES string of the molecule is C=CCSc1ccccc1NS(=O)(=O)CC. The predicted molar refractivity (Wildman–Crippen MR) is 70.4 cm³/mol. The third kappa shape index (κ3) is 3.90. The fourth-order valence-corrected chi connectivity index (χ4v) is 2.53. The maximum Gasteiger partial charge on any atom is 0.232 e. The van der Waals surface area contributed by atoms with E-state index in [0.717, 1.165) is 10.6 Å². The molecule has 0 bridgehead atoms. The van der Waals surface area contributed by atoms with Gasteiger partial charge in [0.25, 0.3) is 0 Å². The van der Waals surface area contributed by atoms with E-state index in [4.69, 9.17) is 0 Å². The van der Waals surface area contributed by atoms with Crippen molar-refractivity contribution in [3.63, 3.8) is 0 Å². The molecule has 1 N–H and O–H groups in total. The highest BCUT2D eigenvalue weighted by Gasteiger charge is 2.09. The second kappa shape index (κ2) is 5.96. The monoisotopic (exact) mass is 257 g/mol. The first-order chi connectivity index (χ1) is 7.59. The first-order valence-electron chi connectivity index (χ1n) is 4.92. The molecule has 1 aromatic rings. The van der Waals surface area contributed by atoms with E-state index in [1.807, 2.05) is 18.2 Å². The molecular formula is C11H15NO2S2. The fourth-order valence-electron chi connectivity index (χ4n) is 1.07. The van der Waals surface area contributed by atoms with Crippen molar-refractivity contribution >= 4 is 27.5 Å². The number of hydrogen-bond donors (Lipinski definition) is 1. The van der Waals surface area contributed by atoms with E-state index in [1.165, 1.54) is 0 Å². The fraction of sp³-hybridized carbons (Fsp3) is 0.273. The Hall–Kier alpha value is -0.940. The summed E-state index contributed by atoms with van der Waals surface area (Å²) < 4.78 is 25.5. The van der Waals surface area contributed by atoms with Crippen LogP contribution in [0, 0.1) is 0 Å². The van der Waals surface area contributed by atoms with Gasteiger partial charge in [0.15, 0.2) is 0 Å². The van der Waals surface area contributed by atoms with Gasteiger partial charge in [-0.2, -0.15) is 0 Å². The van der Waals surface area contributed by atoms with Crippen LogP contribution in [-0.2, 0) is 10.0 Å². The molecule has 0 amide bonds. The molecule has 0 saturated carbocycles. The number of thioether (sulfide) groups is 1. The van der Waals surface area contributed by atoms with Crippen LogP contribution in [0.3, 0.4) is 0 Å². The zero-order valence-electron chi connectivity index (χ0n) is 9.14. The van der Waals surface area contributed by atoms with Crippen molar-refractivity contribution < 1.29 is 8.42 Å². The van der Waals surface area contributed by atoms with Gasteiger partial charge in [0.1, 0.15) is 0 Å². The molecule has 0 heterocycles. The van der Waals surface area contributed by atoms with Gasteiger partial charge in [0.05, 0.1) is 11.4 Å². The highest BCUT2D eigenvalue weighted by molar-refractivity contribution is 7.99. The lowest BCUT2D eigenvalue weighted by Crippen LogP contribution is -2.15. The molecule has 5 heteroatoms. The van der Waals surface area contributed by atoms with Crippen LogP contribution >= 0.6 is 11.8 Å². The summed E-state index contributed by atoms with van der Waals surface area (Å²) in [5.74, 6) is 0.832. The zero-order valence-corrected chi connectivity index (χ0v) is 10.8. The van der Waals surface area contributed by atoms with E-state index in [1.54, 1.807) is 30.8 Å². The van der Waals surface area contributed by atoms with Crippen LogP contribution in [-0.4, -0.2) is 19.9 Å². The minimum Gasteiger partial charge on any atom is -0.282 e. The summed E-state index contributed by atoms with van der Waals surface area (Å²) in [5, 5.41) is 0. The van der Waals surface area contributed by atoms with Crippen molar-refractivity contribution in [1.29, 1.82) is 0 Å². The topological polar surface area (TPSA) is 46.2 Å². The van der Waals surface area contributed by atoms with E-state index in [9.17, 15) is 8.42 Å². The number of benzene rings is 1. The lowest BCUT2D eigenvalue weighted by molar-refractivity contribution is 0.602. The molecule has 0 fully saturated rings. The summed E-state index contributed by atoms with van der Waals surface area (Å²) in [7, 11) is -3.21. The molecule has 0 aliphatic carbocycles. The van der Waals surface area contributed by atoms with Crippen LogP contribution in [0.1, 0.15) is 6.92 Å². The molecular weight excluding hydrogens is 242 g/mol. The molecule has 0 atom stereocenters. The summed E-state index contributed by atoms with van der Waals surface area (Å²) in [6.07, 6.45) is 1.79. The number of anilines is 1. The van der Waals surface area contributed by atoms with Crippen LogP contribution in [0.2, 0.25) is 0 Å². The number of nitrogens with one attached hydrogen (secondary N) is 1. The number of hydrogen-bond acceptors (Lipinski definition) is 3. The molecule has 0 unspecified atom stereocenters. The minimum absolute atomic E-state index is 0.0768. The molecule has 3 nitrogen and oxygen atoms in total. The maximum absolute atomic E-state index is 11.5. The Balaban J connectivity index is 2.90. The lowest BCUT2D eigenvalue weighted by Gasteiger charge is -2.10. The van der Waals surface area contributed by atoms with Gasteiger partial charge in [-0.05, 0) is 19.1 Å². The minimum atomic E-state index is -3.21. The van der Waals surface area contributed by atoms with Gasteiger partial charge < -0.3 is 0 Å². The summed E-state index contributed by atoms with van der Waals surface area (Å²) in [6, 6.07) is 7.35. The first-order valence-corrected chi connectivity index (χ1v) is 7.56. The highest BCUT2D eigenvalue weighted by Crippen LogP contribution is 2.27. The normalized spacial score (nSPS) is 11.1. The van der Waals surface area contributed by atoms with Gasteiger partial charge >= 0.3 is 0 Å². The summed E-state index contributed by atoms with van der Waals surface area (Å²) >= 11 is 1.55. The number of para-hydroxylation sites is 1. The predicted octanol–water partition coefficient (Wildman–Crippen LogP) is 2.73. The van der Waals surface area contributed by atoms with Crippen molar-refractivity contribution in [2.75, 3.05) is 16.2 Å². The Morgan fingerprint density at radius 2 is 2.12 bits per heavy atom. The molecule has 16 heavy (non-hydrogen) atoms. The van der Waals surface area contributed by atoms with E-state index < -0.39 is 10.0 Å². The van der Waals surface area contributed by atoms with Crippen LogP contribution < -0.4 is 4.72 Å². The molecule has 88 valence electrons. The van der Waals surface area contributed by atoms with Crippen LogP contribution in [0.15, 0.2) is 41.8 Å². The van der Waals surface area contributed by atoms with Crippen LogP contribution in [0.25, 0.3) is 0 Å². The molecule has 0 radical (unpaired) electrons. The Labute approximate surface area is 101 Å². The number of rotatable bonds is 6. The largest absolute Gasteiger partial charge is 0.282 e. The maximum atomic E-state index is 11.5. The Kier molecular flexibility index (Phi) is 4.89. The lowest BCUT2D eigenvalue weighted by atomic mass is 10.3. The second-order valence-electron chi connectivity index (χ2n) is 3.10. The van der Waals surface area contributed by atoms with Crippen LogP contribution in [0.5, 0.6) is 0 Å². The summed E-state index contributed by atoms with van der Waals surface area (Å²) in [5.41, 5.74) is 0.635. The number of sulfonamides is 1. The zero-order chi connectivity index (χ0) is 12.0.